The predicted molar refractivity (Wildman–Crippen MR) is 212 cm³/mol. The monoisotopic (exact) mass is 1050 g/mol. The fourth-order valence-corrected chi connectivity index (χ4v) is 8.53. The van der Waals surface area contributed by atoms with E-state index in [4.69, 9.17) is 18.9 Å². The predicted octanol–water partition coefficient (Wildman–Crippen LogP) is -7.95. The standard InChI is InChI=1S/C36H32N6O18S4.4Na/c1-35(2,3)57-33(43)55-27-16-26(42-38-24-10-8-20-22(32(24)40-42)12-18(63(49,50)51)14-30(20)64(52,53)54)28(56-34(44)58-36(4,5)6)15-25(27)41-37-23-9-7-19-21(31(23)39-41)11-17(62(46,47)48)13-29(19)61-60-59-45;;;;/h7-16,45H,1-6H3,(H,46,47,48)(H,49,50,51)(H,52,53,54);;;;/q;4*+1/p-4. The van der Waals surface area contributed by atoms with Crippen molar-refractivity contribution in [1.29, 1.82) is 0 Å². The van der Waals surface area contributed by atoms with Crippen LogP contribution in [0.3, 0.4) is 0 Å². The molecule has 0 aliphatic heterocycles. The Bertz CT molecular complexity index is 3450. The van der Waals surface area contributed by atoms with Gasteiger partial charge in [-0.2, -0.15) is 4.33 Å². The molecule has 0 bridgehead atoms. The molecule has 0 aliphatic rings. The number of rotatable bonds is 10. The van der Waals surface area contributed by atoms with Crippen LogP contribution in [0.4, 0.5) is 9.59 Å². The van der Waals surface area contributed by atoms with Crippen molar-refractivity contribution in [2.24, 2.45) is 0 Å². The van der Waals surface area contributed by atoms with E-state index in [0.29, 0.717) is 18.1 Å². The zero-order valence-corrected chi connectivity index (χ0v) is 48.7. The smallest absolute Gasteiger partial charge is 0.744 e. The molecule has 0 amide bonds. The maximum absolute atomic E-state index is 13.3. The third kappa shape index (κ3) is 13.7. The molecule has 32 heteroatoms. The second-order valence-corrected chi connectivity index (χ2v) is 20.2. The number of carbonyl (C=O) groups is 2. The van der Waals surface area contributed by atoms with Crippen molar-refractivity contribution >= 4 is 98.3 Å². The zero-order chi connectivity index (χ0) is 46.9. The van der Waals surface area contributed by atoms with Crippen molar-refractivity contribution in [2.75, 3.05) is 0 Å². The van der Waals surface area contributed by atoms with Crippen molar-refractivity contribution in [3.05, 3.63) is 60.7 Å². The van der Waals surface area contributed by atoms with E-state index in [1.165, 1.54) is 39.0 Å². The molecule has 0 saturated carbocycles. The van der Waals surface area contributed by atoms with E-state index in [0.717, 1.165) is 46.0 Å². The van der Waals surface area contributed by atoms with Gasteiger partial charge in [0.1, 0.15) is 75.0 Å². The number of ether oxygens (including phenoxy) is 4. The Morgan fingerprint density at radius 3 is 1.37 bits per heavy atom. The minimum absolute atomic E-state index is 0. The third-order valence-electron chi connectivity index (χ3n) is 8.47. The minimum Gasteiger partial charge on any atom is -0.744 e. The number of benzene rings is 5. The van der Waals surface area contributed by atoms with E-state index >= 15 is 0 Å². The third-order valence-corrected chi connectivity index (χ3v) is 11.6. The summed E-state index contributed by atoms with van der Waals surface area (Å²) in [6.45, 7) is 9.23. The molecule has 24 nitrogen and oxygen atoms in total. The molecule has 2 aromatic heterocycles. The van der Waals surface area contributed by atoms with Gasteiger partial charge in [-0.05, 0) is 77.9 Å². The van der Waals surface area contributed by atoms with Gasteiger partial charge in [0, 0.05) is 38.6 Å². The number of nitrogens with zero attached hydrogens (tertiary/aromatic N) is 6. The van der Waals surface area contributed by atoms with Gasteiger partial charge in [-0.25, -0.2) is 34.8 Å². The SMILES string of the molecule is CC(C)(C)OC(=O)Oc1cc(-n2nc3ccc4c(S(=O)(=O)[O-])cc(S(=O)(=O)[O-])cc4c3n2)c(OC(=O)OC(C)(C)C)cc1-n1nc2ccc3c(SOO[O-])cc(S(=O)(=O)[O-])cc3c2n1.[Na+].[Na+].[Na+].[Na+]. The summed E-state index contributed by atoms with van der Waals surface area (Å²) in [5, 5.41) is 31.3. The van der Waals surface area contributed by atoms with E-state index in [9.17, 15) is 53.8 Å². The fourth-order valence-electron chi connectivity index (χ4n) is 6.07. The number of hydrogen-bond donors (Lipinski definition) is 0. The summed E-state index contributed by atoms with van der Waals surface area (Å²) < 4.78 is 136. The van der Waals surface area contributed by atoms with Gasteiger partial charge < -0.3 is 37.9 Å². The number of carbonyl (C=O) groups excluding carboxylic acids is 2. The van der Waals surface area contributed by atoms with Crippen LogP contribution in [-0.4, -0.2) is 92.4 Å². The molecule has 0 aliphatic carbocycles. The first-order chi connectivity index (χ1) is 29.6. The van der Waals surface area contributed by atoms with E-state index in [-0.39, 0.29) is 178 Å². The molecule has 68 heavy (non-hydrogen) atoms. The van der Waals surface area contributed by atoms with E-state index < -0.39 is 80.1 Å². The van der Waals surface area contributed by atoms with Gasteiger partial charge in [0.15, 0.2) is 11.5 Å². The molecule has 0 N–H and O–H groups in total. The summed E-state index contributed by atoms with van der Waals surface area (Å²) in [4.78, 5) is 25.3. The summed E-state index contributed by atoms with van der Waals surface area (Å²) in [7, 11) is -15.8. The number of hydrogen-bond acceptors (Lipinski definition) is 23. The second kappa shape index (κ2) is 22.4. The van der Waals surface area contributed by atoms with E-state index in [1.807, 2.05) is 0 Å². The molecule has 338 valence electrons. The van der Waals surface area contributed by atoms with Crippen LogP contribution in [0, 0.1) is 0 Å². The quantitative estimate of drug-likeness (QED) is 0.0233. The van der Waals surface area contributed by atoms with E-state index in [1.54, 1.807) is 20.8 Å². The van der Waals surface area contributed by atoms with Crippen molar-refractivity contribution in [3.8, 4) is 22.9 Å². The molecule has 0 saturated heterocycles. The topological polar surface area (TPSA) is 346 Å². The molecule has 0 spiro atoms. The minimum atomic E-state index is -5.38. The molecule has 0 atom stereocenters. The first kappa shape index (κ1) is 60.2. The van der Waals surface area contributed by atoms with Gasteiger partial charge in [0.25, 0.3) is 0 Å². The van der Waals surface area contributed by atoms with Crippen LogP contribution in [0.1, 0.15) is 41.5 Å². The average Bonchev–Trinajstić information content (AvgIpc) is 3.79. The Morgan fingerprint density at radius 2 is 0.971 bits per heavy atom. The Balaban J connectivity index is 0.00000306. The van der Waals surface area contributed by atoms with Gasteiger partial charge >= 0.3 is 131 Å². The van der Waals surface area contributed by atoms with Crippen molar-refractivity contribution in [2.45, 2.75) is 72.3 Å². The van der Waals surface area contributed by atoms with Crippen LogP contribution >= 0.6 is 12.0 Å². The Kier molecular flexibility index (Phi) is 19.8. The molecule has 0 unspecified atom stereocenters. The first-order valence-electron chi connectivity index (χ1n) is 17.8. The summed E-state index contributed by atoms with van der Waals surface area (Å²) >= 11 is 0.301. The van der Waals surface area contributed by atoms with E-state index in [2.05, 4.69) is 29.8 Å². The van der Waals surface area contributed by atoms with Crippen molar-refractivity contribution in [1.82, 2.24) is 30.0 Å². The molecule has 7 aromatic rings. The van der Waals surface area contributed by atoms with Crippen LogP contribution in [0.5, 0.6) is 11.5 Å². The van der Waals surface area contributed by atoms with Crippen LogP contribution < -0.4 is 133 Å². The maximum Gasteiger partial charge on any atom is 1.00 e. The molecule has 7 rings (SSSR count). The van der Waals surface area contributed by atoms with Crippen LogP contribution in [-0.2, 0) is 49.2 Å². The maximum atomic E-state index is 13.3. The van der Waals surface area contributed by atoms with Gasteiger partial charge in [0.05, 0.1) is 26.7 Å². The first-order valence-corrected chi connectivity index (χ1v) is 22.8. The van der Waals surface area contributed by atoms with Crippen LogP contribution in [0.15, 0.2) is 80.2 Å². The number of fused-ring (bicyclic) bond motifs is 6. The zero-order valence-electron chi connectivity index (χ0n) is 37.4. The van der Waals surface area contributed by atoms with Crippen LogP contribution in [0.25, 0.3) is 55.0 Å². The molecular formula is C36H28N6Na4O18S4. The molecule has 0 fully saturated rings. The van der Waals surface area contributed by atoms with Gasteiger partial charge in [0.2, 0.25) is 0 Å². The Hall–Kier alpha value is -2.08. The largest absolute Gasteiger partial charge is 1.00 e. The normalized spacial score (nSPS) is 12.1. The van der Waals surface area contributed by atoms with Gasteiger partial charge in [-0.15, -0.1) is 30.0 Å². The summed E-state index contributed by atoms with van der Waals surface area (Å²) in [5.41, 5.74) is -3.17. The molecule has 2 heterocycles. The summed E-state index contributed by atoms with van der Waals surface area (Å²) in [6, 6.07) is 10.5. The molecule has 5 aromatic carbocycles. The second-order valence-electron chi connectivity index (χ2n) is 15.4. The Morgan fingerprint density at radius 1 is 0.559 bits per heavy atom. The molecule has 0 radical (unpaired) electrons. The average molecular weight is 1050 g/mol. The summed E-state index contributed by atoms with van der Waals surface area (Å²) in [6.07, 6.45) is -2.57. The summed E-state index contributed by atoms with van der Waals surface area (Å²) in [5.74, 6) is -0.911. The Labute approximate surface area is 478 Å². The van der Waals surface area contributed by atoms with Gasteiger partial charge in [-0.3, -0.25) is 5.04 Å². The van der Waals surface area contributed by atoms with Crippen molar-refractivity contribution in [3.63, 3.8) is 0 Å². The molecular weight excluding hydrogens is 1020 g/mol. The fraction of sp³-hybridized carbons (Fsp3) is 0.222. The number of aromatic nitrogens is 6. The van der Waals surface area contributed by atoms with Crippen molar-refractivity contribution < 1.29 is 200 Å². The van der Waals surface area contributed by atoms with Crippen LogP contribution in [0.2, 0.25) is 0 Å². The van der Waals surface area contributed by atoms with Gasteiger partial charge in [-0.1, -0.05) is 12.1 Å².